The first-order valence-electron chi connectivity index (χ1n) is 6.86. The van der Waals surface area contributed by atoms with Crippen molar-refractivity contribution in [3.05, 3.63) is 46.4 Å². The molecule has 0 saturated carbocycles. The summed E-state index contributed by atoms with van der Waals surface area (Å²) in [6.07, 6.45) is 3.91. The minimum Gasteiger partial charge on any atom is -0.488 e. The first kappa shape index (κ1) is 15.3. The zero-order chi connectivity index (χ0) is 15.5. The van der Waals surface area contributed by atoms with Gasteiger partial charge in [0.2, 0.25) is 0 Å². The Hall–Kier alpha value is -1.63. The van der Waals surface area contributed by atoms with E-state index in [1.807, 2.05) is 36.4 Å². The van der Waals surface area contributed by atoms with Gasteiger partial charge < -0.3 is 9.47 Å². The molecule has 1 fully saturated rings. The fraction of sp³-hybridized carbons (Fsp3) is 0.250. The molecule has 1 saturated heterocycles. The van der Waals surface area contributed by atoms with Crippen molar-refractivity contribution in [3.63, 3.8) is 0 Å². The lowest BCUT2D eigenvalue weighted by Gasteiger charge is -2.16. The van der Waals surface area contributed by atoms with Gasteiger partial charge in [0.05, 0.1) is 18.1 Å². The van der Waals surface area contributed by atoms with Crippen LogP contribution in [0.15, 0.2) is 40.8 Å². The van der Waals surface area contributed by atoms with Crippen LogP contribution < -0.4 is 4.74 Å². The Labute approximate surface area is 138 Å². The molecule has 0 bridgehead atoms. The minimum atomic E-state index is -0.0631. The largest absolute Gasteiger partial charge is 0.488 e. The Bertz CT molecular complexity index is 682. The Morgan fingerprint density at radius 1 is 1.45 bits per heavy atom. The van der Waals surface area contributed by atoms with E-state index in [4.69, 9.17) is 21.7 Å². The lowest BCUT2D eigenvalue weighted by Crippen LogP contribution is -2.31. The number of thiocarbonyl (C=S) groups is 1. The molecular formula is C16H15NO3S2. The normalized spacial score (nSPS) is 19.2. The minimum absolute atomic E-state index is 0.0631. The highest BCUT2D eigenvalue weighted by Crippen LogP contribution is 2.33. The lowest BCUT2D eigenvalue weighted by atomic mass is 10.1. The molecule has 0 atom stereocenters. The van der Waals surface area contributed by atoms with Crippen molar-refractivity contribution < 1.29 is 14.3 Å². The number of benzene rings is 1. The second kappa shape index (κ2) is 6.64. The second-order valence-corrected chi connectivity index (χ2v) is 6.55. The monoisotopic (exact) mass is 333 g/mol. The molecule has 3 rings (SSSR count). The van der Waals surface area contributed by atoms with Gasteiger partial charge in [-0.1, -0.05) is 42.2 Å². The van der Waals surface area contributed by atoms with E-state index >= 15 is 0 Å². The molecule has 114 valence electrons. The number of para-hydroxylation sites is 1. The van der Waals surface area contributed by atoms with Gasteiger partial charge in [0.15, 0.2) is 0 Å². The second-order valence-electron chi connectivity index (χ2n) is 4.87. The summed E-state index contributed by atoms with van der Waals surface area (Å²) in [5, 5.41) is 0. The van der Waals surface area contributed by atoms with E-state index < -0.39 is 0 Å². The summed E-state index contributed by atoms with van der Waals surface area (Å²) < 4.78 is 11.3. The molecule has 0 N–H and O–H groups in total. The molecule has 2 aliphatic rings. The molecule has 2 heterocycles. The van der Waals surface area contributed by atoms with Gasteiger partial charge in [-0.15, -0.1) is 0 Å². The van der Waals surface area contributed by atoms with E-state index in [0.29, 0.717) is 29.0 Å². The van der Waals surface area contributed by atoms with Crippen LogP contribution in [-0.2, 0) is 9.53 Å². The third kappa shape index (κ3) is 3.09. The summed E-state index contributed by atoms with van der Waals surface area (Å²) in [4.78, 5) is 14.6. The van der Waals surface area contributed by atoms with Crippen molar-refractivity contribution in [2.24, 2.45) is 0 Å². The smallest absolute Gasteiger partial charge is 0.266 e. The van der Waals surface area contributed by atoms with Gasteiger partial charge in [-0.25, -0.2) is 0 Å². The first-order valence-corrected chi connectivity index (χ1v) is 8.08. The van der Waals surface area contributed by atoms with Crippen LogP contribution in [0.25, 0.3) is 6.08 Å². The summed E-state index contributed by atoms with van der Waals surface area (Å²) >= 11 is 6.58. The summed E-state index contributed by atoms with van der Waals surface area (Å²) in [6, 6.07) is 7.84. The maximum Gasteiger partial charge on any atom is 0.266 e. The number of ether oxygens (including phenoxy) is 2. The standard InChI is InChI=1S/C16H15NO3S2/c1-19-7-6-17-15(18)14(22-16(17)21)9-11-8-12-4-2-3-5-13(12)20-10-11/h2-5,8-9H,6-7,10H2,1H3/b14-9-. The zero-order valence-corrected chi connectivity index (χ0v) is 13.7. The lowest BCUT2D eigenvalue weighted by molar-refractivity contribution is -0.122. The summed E-state index contributed by atoms with van der Waals surface area (Å²) in [5.74, 6) is 0.805. The summed E-state index contributed by atoms with van der Waals surface area (Å²) in [7, 11) is 1.61. The Morgan fingerprint density at radius 3 is 3.09 bits per heavy atom. The predicted molar refractivity (Wildman–Crippen MR) is 91.8 cm³/mol. The highest BCUT2D eigenvalue weighted by atomic mass is 32.2. The van der Waals surface area contributed by atoms with Crippen molar-refractivity contribution >= 4 is 40.3 Å². The van der Waals surface area contributed by atoms with Crippen LogP contribution in [0, 0.1) is 0 Å². The molecule has 0 spiro atoms. The number of carbonyl (C=O) groups is 1. The van der Waals surface area contributed by atoms with Crippen LogP contribution in [0.5, 0.6) is 5.75 Å². The molecular weight excluding hydrogens is 318 g/mol. The molecule has 4 nitrogen and oxygen atoms in total. The molecule has 1 aromatic rings. The van der Waals surface area contributed by atoms with Gasteiger partial charge in [0, 0.05) is 12.7 Å². The molecule has 2 aliphatic heterocycles. The third-order valence-electron chi connectivity index (χ3n) is 3.36. The molecule has 0 aromatic heterocycles. The van der Waals surface area contributed by atoms with Crippen LogP contribution in [0.4, 0.5) is 0 Å². The van der Waals surface area contributed by atoms with Crippen molar-refractivity contribution in [1.82, 2.24) is 4.90 Å². The zero-order valence-electron chi connectivity index (χ0n) is 12.1. The number of fused-ring (bicyclic) bond motifs is 1. The van der Waals surface area contributed by atoms with E-state index in [-0.39, 0.29) is 5.91 Å². The summed E-state index contributed by atoms with van der Waals surface area (Å²) in [5.41, 5.74) is 1.99. The third-order valence-corrected chi connectivity index (χ3v) is 4.74. The number of hydrogen-bond acceptors (Lipinski definition) is 5. The molecule has 6 heteroatoms. The van der Waals surface area contributed by atoms with Gasteiger partial charge in [-0.3, -0.25) is 9.69 Å². The van der Waals surface area contributed by atoms with Crippen molar-refractivity contribution in [3.8, 4) is 5.75 Å². The van der Waals surface area contributed by atoms with Crippen LogP contribution in [0.2, 0.25) is 0 Å². The van der Waals surface area contributed by atoms with Crippen LogP contribution >= 0.6 is 24.0 Å². The fourth-order valence-electron chi connectivity index (χ4n) is 2.26. The van der Waals surface area contributed by atoms with E-state index in [1.54, 1.807) is 12.0 Å². The van der Waals surface area contributed by atoms with Crippen molar-refractivity contribution in [2.75, 3.05) is 26.9 Å². The number of nitrogens with zero attached hydrogens (tertiary/aromatic N) is 1. The number of carbonyl (C=O) groups excluding carboxylic acids is 1. The maximum absolute atomic E-state index is 12.4. The molecule has 1 amide bonds. The predicted octanol–water partition coefficient (Wildman–Crippen LogP) is 2.85. The number of hydrogen-bond donors (Lipinski definition) is 0. The molecule has 0 unspecified atom stereocenters. The van der Waals surface area contributed by atoms with E-state index in [0.717, 1.165) is 16.9 Å². The highest BCUT2D eigenvalue weighted by Gasteiger charge is 2.31. The van der Waals surface area contributed by atoms with Gasteiger partial charge >= 0.3 is 0 Å². The number of methoxy groups -OCH3 is 1. The molecule has 0 aliphatic carbocycles. The quantitative estimate of drug-likeness (QED) is 0.626. The average Bonchev–Trinajstić information content (AvgIpc) is 2.79. The average molecular weight is 333 g/mol. The SMILES string of the molecule is COCCN1C(=O)/C(=C/C2=Cc3ccccc3OC2)SC1=S. The Morgan fingerprint density at radius 2 is 2.27 bits per heavy atom. The number of thioether (sulfide) groups is 1. The highest BCUT2D eigenvalue weighted by molar-refractivity contribution is 8.26. The van der Waals surface area contributed by atoms with Crippen molar-refractivity contribution in [2.45, 2.75) is 0 Å². The van der Waals surface area contributed by atoms with Crippen molar-refractivity contribution in [1.29, 1.82) is 0 Å². The van der Waals surface area contributed by atoms with E-state index in [1.165, 1.54) is 11.8 Å². The summed E-state index contributed by atoms with van der Waals surface area (Å²) in [6.45, 7) is 1.41. The maximum atomic E-state index is 12.4. The molecule has 1 aromatic carbocycles. The van der Waals surface area contributed by atoms with Gasteiger partial charge in [-0.2, -0.15) is 0 Å². The van der Waals surface area contributed by atoms with Gasteiger partial charge in [-0.05, 0) is 23.8 Å². The topological polar surface area (TPSA) is 38.8 Å². The number of amides is 1. The van der Waals surface area contributed by atoms with E-state index in [9.17, 15) is 4.79 Å². The van der Waals surface area contributed by atoms with Gasteiger partial charge in [0.1, 0.15) is 16.7 Å². The van der Waals surface area contributed by atoms with Crippen LogP contribution in [0.3, 0.4) is 0 Å². The van der Waals surface area contributed by atoms with Gasteiger partial charge in [0.25, 0.3) is 5.91 Å². The molecule has 0 radical (unpaired) electrons. The number of rotatable bonds is 4. The Kier molecular flexibility index (Phi) is 4.61. The van der Waals surface area contributed by atoms with Crippen LogP contribution in [-0.4, -0.2) is 42.0 Å². The van der Waals surface area contributed by atoms with E-state index in [2.05, 4.69) is 0 Å². The van der Waals surface area contributed by atoms with Crippen LogP contribution in [0.1, 0.15) is 5.56 Å². The fourth-order valence-corrected chi connectivity index (χ4v) is 3.58. The first-order chi connectivity index (χ1) is 10.7. The molecule has 22 heavy (non-hydrogen) atoms. The Balaban J connectivity index is 1.80.